The Kier molecular flexibility index (Phi) is 5.08. The Morgan fingerprint density at radius 1 is 1.25 bits per heavy atom. The summed E-state index contributed by atoms with van der Waals surface area (Å²) in [6.45, 7) is 2.00. The van der Waals surface area contributed by atoms with Crippen molar-refractivity contribution in [1.29, 1.82) is 0 Å². The van der Waals surface area contributed by atoms with Crippen LogP contribution in [0.4, 0.5) is 4.79 Å². The number of hydrogen-bond acceptors (Lipinski definition) is 7. The lowest BCUT2D eigenvalue weighted by Crippen LogP contribution is -2.65. The Morgan fingerprint density at radius 3 is 2.68 bits per heavy atom. The van der Waals surface area contributed by atoms with Gasteiger partial charge in [0.1, 0.15) is 18.5 Å². The van der Waals surface area contributed by atoms with Gasteiger partial charge in [-0.25, -0.2) is 9.79 Å². The molecule has 3 aliphatic rings. The van der Waals surface area contributed by atoms with Crippen molar-refractivity contribution < 1.29 is 19.4 Å². The first-order valence-corrected chi connectivity index (χ1v) is 9.57. The summed E-state index contributed by atoms with van der Waals surface area (Å²) in [7, 11) is 1.63. The van der Waals surface area contributed by atoms with Gasteiger partial charge >= 0.3 is 6.03 Å². The van der Waals surface area contributed by atoms with E-state index in [1.165, 1.54) is 4.90 Å². The van der Waals surface area contributed by atoms with Crippen LogP contribution in [0.3, 0.4) is 0 Å². The van der Waals surface area contributed by atoms with E-state index in [9.17, 15) is 14.7 Å². The van der Waals surface area contributed by atoms with E-state index in [-0.39, 0.29) is 19.1 Å². The number of urea groups is 1. The third-order valence-corrected chi connectivity index (χ3v) is 5.32. The number of rotatable bonds is 5. The number of nitrogens with one attached hydrogen (secondary N) is 1. The molecule has 3 amide bonds. The highest BCUT2D eigenvalue weighted by Crippen LogP contribution is 2.27. The lowest BCUT2D eigenvalue weighted by Gasteiger charge is -2.37. The van der Waals surface area contributed by atoms with Gasteiger partial charge in [-0.2, -0.15) is 0 Å². The van der Waals surface area contributed by atoms with Crippen molar-refractivity contribution in [3.8, 4) is 5.75 Å². The van der Waals surface area contributed by atoms with Crippen molar-refractivity contribution in [2.45, 2.75) is 31.2 Å². The quantitative estimate of drug-likeness (QED) is 0.742. The molecule has 0 aliphatic carbocycles. The van der Waals surface area contributed by atoms with E-state index in [0.29, 0.717) is 11.7 Å². The predicted molar refractivity (Wildman–Crippen MR) is 102 cm³/mol. The smallest absolute Gasteiger partial charge is 0.325 e. The number of benzene rings is 1. The van der Waals surface area contributed by atoms with Gasteiger partial charge in [0.05, 0.1) is 6.54 Å². The number of carbonyl (C=O) groups is 2. The van der Waals surface area contributed by atoms with Gasteiger partial charge < -0.3 is 24.5 Å². The Bertz CT molecular complexity index is 765. The van der Waals surface area contributed by atoms with Gasteiger partial charge in [0.15, 0.2) is 18.2 Å². The topological polar surface area (TPSA) is 97.7 Å². The van der Waals surface area contributed by atoms with Gasteiger partial charge in [0.2, 0.25) is 0 Å². The van der Waals surface area contributed by atoms with Gasteiger partial charge in [0, 0.05) is 20.1 Å². The molecular weight excluding hydrogens is 362 g/mol. The number of amides is 3. The van der Waals surface area contributed by atoms with Crippen LogP contribution in [0.2, 0.25) is 0 Å². The molecule has 9 heteroatoms. The summed E-state index contributed by atoms with van der Waals surface area (Å²) in [5.41, 5.74) is 0. The number of hydrogen-bond donors (Lipinski definition) is 2. The van der Waals surface area contributed by atoms with Crippen molar-refractivity contribution >= 4 is 17.9 Å². The maximum absolute atomic E-state index is 12.6. The summed E-state index contributed by atoms with van der Waals surface area (Å²) in [5, 5.41) is 12.9. The number of imide groups is 1. The molecule has 0 aromatic heterocycles. The molecule has 0 spiro atoms. The summed E-state index contributed by atoms with van der Waals surface area (Å²) in [6, 6.07) is 8.17. The normalized spacial score (nSPS) is 25.5. The van der Waals surface area contributed by atoms with Crippen molar-refractivity contribution in [2.24, 2.45) is 4.99 Å². The third kappa shape index (κ3) is 3.49. The minimum Gasteiger partial charge on any atom is -0.491 e. The maximum atomic E-state index is 12.6. The average Bonchev–Trinajstić information content (AvgIpc) is 3.34. The molecule has 2 saturated heterocycles. The van der Waals surface area contributed by atoms with Gasteiger partial charge in [-0.1, -0.05) is 18.2 Å². The molecule has 1 aromatic rings. The molecule has 3 atom stereocenters. The Hall–Kier alpha value is -2.81. The van der Waals surface area contributed by atoms with Gasteiger partial charge in [-0.15, -0.1) is 0 Å². The zero-order valence-corrected chi connectivity index (χ0v) is 15.8. The van der Waals surface area contributed by atoms with Crippen LogP contribution < -0.4 is 10.1 Å². The van der Waals surface area contributed by atoms with Crippen molar-refractivity contribution in [2.75, 3.05) is 33.3 Å². The van der Waals surface area contributed by atoms with Crippen LogP contribution >= 0.6 is 0 Å². The van der Waals surface area contributed by atoms with E-state index < -0.39 is 24.3 Å². The van der Waals surface area contributed by atoms with Crippen LogP contribution in [-0.2, 0) is 4.79 Å². The number of fused-ring (bicyclic) bond motifs is 1. The molecule has 28 heavy (non-hydrogen) atoms. The predicted octanol–water partition coefficient (Wildman–Crippen LogP) is 0.0700. The molecule has 0 saturated carbocycles. The summed E-state index contributed by atoms with van der Waals surface area (Å²) in [5.74, 6) is 0.959. The minimum atomic E-state index is -0.817. The first kappa shape index (κ1) is 18.5. The van der Waals surface area contributed by atoms with E-state index >= 15 is 0 Å². The lowest BCUT2D eigenvalue weighted by atomic mass is 10.1. The Balaban J connectivity index is 1.50. The number of ether oxygens (including phenoxy) is 1. The van der Waals surface area contributed by atoms with Crippen LogP contribution in [0, 0.1) is 0 Å². The molecule has 2 fully saturated rings. The molecule has 1 aromatic carbocycles. The van der Waals surface area contributed by atoms with E-state index in [4.69, 9.17) is 4.74 Å². The second-order valence-electron chi connectivity index (χ2n) is 7.32. The van der Waals surface area contributed by atoms with Crippen molar-refractivity contribution in [3.05, 3.63) is 30.3 Å². The number of para-hydroxylation sites is 1. The number of likely N-dealkylation sites (N-methyl/N-ethyl adjacent to an activating group) is 1. The number of guanidine groups is 1. The molecule has 0 radical (unpaired) electrons. The molecule has 150 valence electrons. The molecule has 9 nitrogen and oxygen atoms in total. The molecule has 0 bridgehead atoms. The summed E-state index contributed by atoms with van der Waals surface area (Å²) in [6.07, 6.45) is 0.715. The number of aliphatic hydroxyl groups is 1. The third-order valence-electron chi connectivity index (χ3n) is 5.32. The number of aliphatic hydroxyl groups excluding tert-OH is 1. The summed E-state index contributed by atoms with van der Waals surface area (Å²) in [4.78, 5) is 34.6. The van der Waals surface area contributed by atoms with Crippen LogP contribution in [-0.4, -0.2) is 89.3 Å². The van der Waals surface area contributed by atoms with E-state index in [2.05, 4.69) is 15.2 Å². The standard InChI is InChI=1S/C19H25N5O4/c1-22-16-15(17(26)21-19(22)27)24(18(20-16)23-9-5-6-10-23)11-13(25)12-28-14-7-3-2-4-8-14/h2-4,7-8,13,15-16,25H,5-6,9-12H2,1H3,(H,21,26,27). The maximum Gasteiger partial charge on any atom is 0.325 e. The van der Waals surface area contributed by atoms with Gasteiger partial charge in [0.25, 0.3) is 5.91 Å². The average molecular weight is 387 g/mol. The van der Waals surface area contributed by atoms with Crippen LogP contribution in [0.25, 0.3) is 0 Å². The van der Waals surface area contributed by atoms with Crippen LogP contribution in [0.5, 0.6) is 5.75 Å². The van der Waals surface area contributed by atoms with E-state index in [0.717, 1.165) is 25.9 Å². The second-order valence-corrected chi connectivity index (χ2v) is 7.32. The molecule has 3 unspecified atom stereocenters. The van der Waals surface area contributed by atoms with Crippen molar-refractivity contribution in [3.63, 3.8) is 0 Å². The molecule has 3 heterocycles. The Morgan fingerprint density at radius 2 is 1.96 bits per heavy atom. The van der Waals surface area contributed by atoms with Gasteiger partial charge in [-0.3, -0.25) is 10.1 Å². The minimum absolute atomic E-state index is 0.0988. The monoisotopic (exact) mass is 387 g/mol. The van der Waals surface area contributed by atoms with E-state index in [1.54, 1.807) is 7.05 Å². The largest absolute Gasteiger partial charge is 0.491 e. The molecular formula is C19H25N5O4. The van der Waals surface area contributed by atoms with Crippen LogP contribution in [0.15, 0.2) is 35.3 Å². The highest BCUT2D eigenvalue weighted by Gasteiger charge is 2.50. The zero-order valence-electron chi connectivity index (χ0n) is 15.8. The first-order chi connectivity index (χ1) is 13.5. The summed E-state index contributed by atoms with van der Waals surface area (Å²) < 4.78 is 5.64. The number of nitrogens with zero attached hydrogens (tertiary/aromatic N) is 4. The lowest BCUT2D eigenvalue weighted by molar-refractivity contribution is -0.127. The SMILES string of the molecule is CN1C(=O)NC(=O)C2C1N=C(N1CCCC1)N2CC(O)COc1ccccc1. The zero-order chi connectivity index (χ0) is 19.7. The van der Waals surface area contributed by atoms with E-state index in [1.807, 2.05) is 35.2 Å². The van der Waals surface area contributed by atoms with Crippen LogP contribution in [0.1, 0.15) is 12.8 Å². The number of β-amino-alcohol motifs (C(OH)–C–C–N with tert-alkyl or cyclic N) is 1. The fraction of sp³-hybridized carbons (Fsp3) is 0.526. The number of carbonyl (C=O) groups excluding carboxylic acids is 2. The fourth-order valence-electron chi connectivity index (χ4n) is 3.88. The van der Waals surface area contributed by atoms with Gasteiger partial charge in [-0.05, 0) is 25.0 Å². The fourth-order valence-corrected chi connectivity index (χ4v) is 3.88. The highest BCUT2D eigenvalue weighted by atomic mass is 16.5. The number of aliphatic imine (C=N–C) groups is 1. The summed E-state index contributed by atoms with van der Waals surface area (Å²) >= 11 is 0. The Labute approximate surface area is 163 Å². The first-order valence-electron chi connectivity index (χ1n) is 9.57. The molecule has 2 N–H and O–H groups in total. The molecule has 4 rings (SSSR count). The number of likely N-dealkylation sites (tertiary alicyclic amines) is 1. The molecule has 3 aliphatic heterocycles. The van der Waals surface area contributed by atoms with Crippen molar-refractivity contribution in [1.82, 2.24) is 20.0 Å². The second kappa shape index (κ2) is 7.67. The highest BCUT2D eigenvalue weighted by molar-refractivity contribution is 6.03.